The van der Waals surface area contributed by atoms with Crippen molar-refractivity contribution in [2.75, 3.05) is 0 Å². The predicted molar refractivity (Wildman–Crippen MR) is 348 cm³/mol. The zero-order valence-electron chi connectivity index (χ0n) is 44.9. The fourth-order valence-electron chi connectivity index (χ4n) is 15.5. The van der Waals surface area contributed by atoms with Gasteiger partial charge < -0.3 is 30.9 Å². The molecule has 9 aromatic heterocycles. The minimum atomic E-state index is 0.822. The van der Waals surface area contributed by atoms with Gasteiger partial charge in [-0.25, -0.2) is 0 Å². The number of aromatic nitrogens is 2. The van der Waals surface area contributed by atoms with E-state index in [0.717, 1.165) is 197 Å². The average molecular weight is 1080 g/mol. The van der Waals surface area contributed by atoms with Crippen LogP contribution in [0.3, 0.4) is 0 Å². The molecular formula is C78H38N2O5. The van der Waals surface area contributed by atoms with E-state index in [9.17, 15) is 0 Å². The molecule has 9 heterocycles. The number of hydrogen-bond donors (Lipinski definition) is 0. The van der Waals surface area contributed by atoms with E-state index in [1.807, 2.05) is 24.3 Å². The molecule has 0 saturated carbocycles. The van der Waals surface area contributed by atoms with E-state index in [0.29, 0.717) is 0 Å². The Bertz CT molecular complexity index is 6770. The molecule has 13 aromatic carbocycles. The van der Waals surface area contributed by atoms with Crippen LogP contribution in [0.15, 0.2) is 253 Å². The highest BCUT2D eigenvalue weighted by Crippen LogP contribution is 2.52. The lowest BCUT2D eigenvalue weighted by Crippen LogP contribution is -1.83. The largest absolute Gasteiger partial charge is 0.456 e. The molecular weight excluding hydrogens is 1040 g/mol. The summed E-state index contributed by atoms with van der Waals surface area (Å²) < 4.78 is 39.4. The Balaban J connectivity index is 0.790. The van der Waals surface area contributed by atoms with Crippen LogP contribution in [0.5, 0.6) is 0 Å². The van der Waals surface area contributed by atoms with E-state index < -0.39 is 0 Å². The molecule has 0 fully saturated rings. The van der Waals surface area contributed by atoms with Crippen molar-refractivity contribution in [3.05, 3.63) is 231 Å². The average Bonchev–Trinajstić information content (AvgIpc) is 1.56. The number of nitrogens with zero attached hydrogens (tertiary/aromatic N) is 2. The second-order valence-electron chi connectivity index (χ2n) is 23.3. The number of para-hydroxylation sites is 3. The van der Waals surface area contributed by atoms with E-state index in [-0.39, 0.29) is 0 Å². The first-order valence-electron chi connectivity index (χ1n) is 28.9. The Morgan fingerprint density at radius 1 is 0.188 bits per heavy atom. The quantitative estimate of drug-likeness (QED) is 0.176. The lowest BCUT2D eigenvalue weighted by Gasteiger charge is -2.05. The van der Waals surface area contributed by atoms with Crippen LogP contribution in [0, 0.1) is 0 Å². The number of rotatable bonds is 3. The first kappa shape index (κ1) is 43.2. The highest BCUT2D eigenvalue weighted by atomic mass is 16.3. The van der Waals surface area contributed by atoms with Gasteiger partial charge in [0.2, 0.25) is 0 Å². The molecule has 0 spiro atoms. The van der Waals surface area contributed by atoms with Crippen molar-refractivity contribution in [1.82, 2.24) is 8.80 Å². The maximum Gasteiger partial charge on any atom is 0.160 e. The number of furan rings is 5. The fraction of sp³-hybridized carbons (Fsp3) is 0. The summed E-state index contributed by atoms with van der Waals surface area (Å²) >= 11 is 0. The second-order valence-corrected chi connectivity index (χ2v) is 23.3. The first-order chi connectivity index (χ1) is 42.1. The Morgan fingerprint density at radius 3 is 1.12 bits per heavy atom. The Kier molecular flexibility index (Phi) is 7.59. The normalized spacial score (nSPS) is 12.9. The van der Waals surface area contributed by atoms with Gasteiger partial charge in [-0.1, -0.05) is 133 Å². The summed E-state index contributed by atoms with van der Waals surface area (Å²) in [6.07, 6.45) is 0. The Hall–Kier alpha value is -11.5. The van der Waals surface area contributed by atoms with E-state index in [4.69, 9.17) is 22.1 Å². The van der Waals surface area contributed by atoms with Gasteiger partial charge in [-0.15, -0.1) is 0 Å². The molecule has 0 aliphatic rings. The van der Waals surface area contributed by atoms with Crippen molar-refractivity contribution in [2.24, 2.45) is 0 Å². The van der Waals surface area contributed by atoms with Crippen LogP contribution < -0.4 is 0 Å². The van der Waals surface area contributed by atoms with Gasteiger partial charge in [0.1, 0.15) is 33.5 Å². The molecule has 22 aromatic rings. The highest BCUT2D eigenvalue weighted by Gasteiger charge is 2.29. The highest BCUT2D eigenvalue weighted by molar-refractivity contribution is 6.34. The Morgan fingerprint density at radius 2 is 0.553 bits per heavy atom. The van der Waals surface area contributed by atoms with Crippen LogP contribution in [0.25, 0.3) is 219 Å². The second kappa shape index (κ2) is 14.9. The van der Waals surface area contributed by atoms with Crippen LogP contribution in [0.1, 0.15) is 0 Å². The summed E-state index contributed by atoms with van der Waals surface area (Å²) in [5, 5.41) is 20.0. The van der Waals surface area contributed by atoms with E-state index in [1.54, 1.807) is 0 Å². The molecule has 0 amide bonds. The summed E-state index contributed by atoms with van der Waals surface area (Å²) in [5.74, 6) is 0. The maximum absolute atomic E-state index is 7.28. The molecule has 0 aliphatic heterocycles. The number of benzene rings is 13. The minimum absolute atomic E-state index is 0.822. The lowest BCUT2D eigenvalue weighted by atomic mass is 9.96. The molecule has 7 nitrogen and oxygen atoms in total. The minimum Gasteiger partial charge on any atom is -0.456 e. The maximum atomic E-state index is 7.28. The molecule has 0 saturated heterocycles. The van der Waals surface area contributed by atoms with Gasteiger partial charge >= 0.3 is 0 Å². The fourth-order valence-corrected chi connectivity index (χ4v) is 15.5. The van der Waals surface area contributed by atoms with Crippen LogP contribution in [-0.2, 0) is 0 Å². The molecule has 0 atom stereocenters. The van der Waals surface area contributed by atoms with Crippen LogP contribution in [-0.4, -0.2) is 8.80 Å². The van der Waals surface area contributed by atoms with Crippen molar-refractivity contribution < 1.29 is 22.1 Å². The zero-order chi connectivity index (χ0) is 54.7. The summed E-state index contributed by atoms with van der Waals surface area (Å²) in [5.41, 5.74) is 21.8. The van der Waals surface area contributed by atoms with Gasteiger partial charge in [-0.3, -0.25) is 0 Å². The molecule has 0 bridgehead atoms. The summed E-state index contributed by atoms with van der Waals surface area (Å²) in [4.78, 5) is 0. The monoisotopic (exact) mass is 1080 g/mol. The van der Waals surface area contributed by atoms with Gasteiger partial charge in [0, 0.05) is 97.0 Å². The van der Waals surface area contributed by atoms with Crippen LogP contribution >= 0.6 is 0 Å². The number of fused-ring (bicyclic) bond motifs is 31. The summed E-state index contributed by atoms with van der Waals surface area (Å²) in [6.45, 7) is 0. The van der Waals surface area contributed by atoms with Crippen molar-refractivity contribution in [1.29, 1.82) is 0 Å². The SMILES string of the molecule is c1ccc(-c2cc3c4ccc5c6ccccc6oc5c4n4c3c(c2)c2ccc3c5cc(-c6cccc7oc8c(ccc9c%10cc(-c%11ccc%12oc%13ccccc%13c%12c%11)cc%11c%12ccc%13c%14ccccc%14oc%13c%12n(c%11%10)c98)c67)ccc5oc3c24)cc1. The van der Waals surface area contributed by atoms with Gasteiger partial charge in [0.15, 0.2) is 22.3 Å². The van der Waals surface area contributed by atoms with Crippen LogP contribution in [0.4, 0.5) is 0 Å². The smallest absolute Gasteiger partial charge is 0.160 e. The van der Waals surface area contributed by atoms with E-state index in [2.05, 4.69) is 215 Å². The van der Waals surface area contributed by atoms with Gasteiger partial charge in [0.05, 0.1) is 33.1 Å². The Labute approximate surface area is 478 Å². The van der Waals surface area contributed by atoms with Crippen molar-refractivity contribution in [3.8, 4) is 33.4 Å². The lowest BCUT2D eigenvalue weighted by molar-refractivity contribution is 0.668. The summed E-state index contributed by atoms with van der Waals surface area (Å²) in [6, 6.07) is 83.0. The third kappa shape index (κ3) is 5.26. The third-order valence-corrected chi connectivity index (χ3v) is 19.1. The first-order valence-corrected chi connectivity index (χ1v) is 28.9. The predicted octanol–water partition coefficient (Wildman–Crippen LogP) is 22.5. The van der Waals surface area contributed by atoms with Crippen molar-refractivity contribution in [3.63, 3.8) is 0 Å². The van der Waals surface area contributed by atoms with E-state index >= 15 is 0 Å². The zero-order valence-corrected chi connectivity index (χ0v) is 44.9. The molecule has 0 unspecified atom stereocenters. The van der Waals surface area contributed by atoms with Crippen molar-refractivity contribution >= 4 is 186 Å². The molecule has 0 radical (unpaired) electrons. The third-order valence-electron chi connectivity index (χ3n) is 19.1. The van der Waals surface area contributed by atoms with Crippen LogP contribution in [0.2, 0.25) is 0 Å². The molecule has 22 rings (SSSR count). The molecule has 0 aliphatic carbocycles. The van der Waals surface area contributed by atoms with Gasteiger partial charge in [-0.2, -0.15) is 0 Å². The van der Waals surface area contributed by atoms with E-state index in [1.165, 1.54) is 21.9 Å². The van der Waals surface area contributed by atoms with Gasteiger partial charge in [-0.05, 0) is 130 Å². The summed E-state index contributed by atoms with van der Waals surface area (Å²) in [7, 11) is 0. The topological polar surface area (TPSA) is 74.5 Å². The number of hydrogen-bond acceptors (Lipinski definition) is 5. The molecule has 0 N–H and O–H groups in total. The molecule has 390 valence electrons. The van der Waals surface area contributed by atoms with Gasteiger partial charge in [0.25, 0.3) is 0 Å². The molecule has 85 heavy (non-hydrogen) atoms. The molecule has 7 heteroatoms. The standard InChI is InChI=1S/C78H38N2O5/c1-2-11-39(12-3-1)42-35-58-48-23-27-52-45-13-4-8-18-63(45)82-75(52)71(48)79-69(58)59(36-42)50-25-29-54-57-34-41(22-32-66(57)84-77(54)73(50)79)44-16-10-20-67-68(44)55-30-26-51-61-38-43(40-21-31-65-56(33-40)47-15-6-7-17-62(47)81-65)37-60-49-24-28-53-46-14-5-9-19-64(46)83-76(53)72(49)80(70(60)61)74(51)78(55)85-67/h1-38H. The van der Waals surface area contributed by atoms with Crippen molar-refractivity contribution in [2.45, 2.75) is 0 Å².